The summed E-state index contributed by atoms with van der Waals surface area (Å²) in [7, 11) is 0. The molecule has 6 heteroatoms. The first-order valence-electron chi connectivity index (χ1n) is 7.29. The van der Waals surface area contributed by atoms with E-state index in [1.165, 1.54) is 19.5 Å². The third kappa shape index (κ3) is 2.60. The molecule has 20 heavy (non-hydrogen) atoms. The standard InChI is InChI=1S/C14H22N6/c1-10(2)19-5-4-12(8-19)7-15-13-6-11(3)18-14-16-9-17-20(13)14/h6,9-10,12,15H,4-5,7-8H2,1-3H3. The Morgan fingerprint density at radius 3 is 3.05 bits per heavy atom. The van der Waals surface area contributed by atoms with Gasteiger partial charge in [-0.15, -0.1) is 0 Å². The van der Waals surface area contributed by atoms with E-state index in [4.69, 9.17) is 0 Å². The van der Waals surface area contributed by atoms with Crippen molar-refractivity contribution in [2.24, 2.45) is 5.92 Å². The van der Waals surface area contributed by atoms with Crippen LogP contribution in [0.25, 0.3) is 5.78 Å². The minimum Gasteiger partial charge on any atom is -0.370 e. The van der Waals surface area contributed by atoms with Crippen molar-refractivity contribution in [3.05, 3.63) is 18.1 Å². The Balaban J connectivity index is 1.67. The molecule has 1 aliphatic rings. The number of nitrogens with zero attached hydrogens (tertiary/aromatic N) is 5. The lowest BCUT2D eigenvalue weighted by Crippen LogP contribution is -2.29. The quantitative estimate of drug-likeness (QED) is 0.917. The van der Waals surface area contributed by atoms with E-state index in [2.05, 4.69) is 39.1 Å². The lowest BCUT2D eigenvalue weighted by molar-refractivity contribution is 0.266. The topological polar surface area (TPSA) is 58.4 Å². The number of aromatic nitrogens is 4. The summed E-state index contributed by atoms with van der Waals surface area (Å²) in [6.45, 7) is 9.87. The predicted octanol–water partition coefficient (Wildman–Crippen LogP) is 1.57. The summed E-state index contributed by atoms with van der Waals surface area (Å²) in [5.41, 5.74) is 0.961. The van der Waals surface area contributed by atoms with Gasteiger partial charge in [-0.05, 0) is 39.7 Å². The Hall–Kier alpha value is -1.69. The van der Waals surface area contributed by atoms with E-state index in [0.29, 0.717) is 17.7 Å². The number of likely N-dealkylation sites (tertiary alicyclic amines) is 1. The monoisotopic (exact) mass is 274 g/mol. The molecule has 1 fully saturated rings. The van der Waals surface area contributed by atoms with E-state index in [9.17, 15) is 0 Å². The van der Waals surface area contributed by atoms with Crippen molar-refractivity contribution in [3.8, 4) is 0 Å². The van der Waals surface area contributed by atoms with Crippen LogP contribution in [0.4, 0.5) is 5.82 Å². The van der Waals surface area contributed by atoms with Crippen LogP contribution in [0.5, 0.6) is 0 Å². The Morgan fingerprint density at radius 2 is 2.30 bits per heavy atom. The van der Waals surface area contributed by atoms with Crippen LogP contribution in [0.3, 0.4) is 0 Å². The van der Waals surface area contributed by atoms with Crippen LogP contribution in [0.2, 0.25) is 0 Å². The van der Waals surface area contributed by atoms with E-state index in [0.717, 1.165) is 18.1 Å². The first-order chi connectivity index (χ1) is 9.63. The van der Waals surface area contributed by atoms with Gasteiger partial charge in [0.15, 0.2) is 0 Å². The van der Waals surface area contributed by atoms with Gasteiger partial charge in [0.25, 0.3) is 5.78 Å². The van der Waals surface area contributed by atoms with E-state index in [-0.39, 0.29) is 0 Å². The molecule has 3 rings (SSSR count). The Bertz CT molecular complexity index is 590. The summed E-state index contributed by atoms with van der Waals surface area (Å²) in [5.74, 6) is 2.33. The van der Waals surface area contributed by atoms with Crippen molar-refractivity contribution in [1.29, 1.82) is 0 Å². The molecule has 0 aliphatic carbocycles. The minimum absolute atomic E-state index is 0.644. The fraction of sp³-hybridized carbons (Fsp3) is 0.643. The normalized spacial score (nSPS) is 20.1. The zero-order valence-electron chi connectivity index (χ0n) is 12.4. The highest BCUT2D eigenvalue weighted by Gasteiger charge is 2.24. The summed E-state index contributed by atoms with van der Waals surface area (Å²) in [4.78, 5) is 11.0. The smallest absolute Gasteiger partial charge is 0.254 e. The Kier molecular flexibility index (Phi) is 3.56. The second kappa shape index (κ2) is 5.36. The van der Waals surface area contributed by atoms with E-state index >= 15 is 0 Å². The molecule has 108 valence electrons. The molecule has 0 aromatic carbocycles. The van der Waals surface area contributed by atoms with Crippen molar-refractivity contribution in [2.45, 2.75) is 33.2 Å². The molecule has 3 heterocycles. The predicted molar refractivity (Wildman–Crippen MR) is 78.8 cm³/mol. The van der Waals surface area contributed by atoms with Gasteiger partial charge in [-0.2, -0.15) is 14.6 Å². The zero-order chi connectivity index (χ0) is 14.1. The van der Waals surface area contributed by atoms with Crippen LogP contribution in [0.1, 0.15) is 26.0 Å². The Labute approximate surface area is 119 Å². The summed E-state index contributed by atoms with van der Waals surface area (Å²) in [5, 5.41) is 7.73. The van der Waals surface area contributed by atoms with Crippen LogP contribution >= 0.6 is 0 Å². The molecule has 1 unspecified atom stereocenters. The lowest BCUT2D eigenvalue weighted by atomic mass is 10.1. The van der Waals surface area contributed by atoms with Crippen molar-refractivity contribution < 1.29 is 0 Å². The number of fused-ring (bicyclic) bond motifs is 1. The maximum atomic E-state index is 4.35. The van der Waals surface area contributed by atoms with Gasteiger partial charge in [0.05, 0.1) is 0 Å². The van der Waals surface area contributed by atoms with Crippen molar-refractivity contribution >= 4 is 11.6 Å². The molecule has 0 saturated carbocycles. The van der Waals surface area contributed by atoms with Crippen LogP contribution in [0.15, 0.2) is 12.4 Å². The number of hydrogen-bond donors (Lipinski definition) is 1. The summed E-state index contributed by atoms with van der Waals surface area (Å²) in [6.07, 6.45) is 2.80. The van der Waals surface area contributed by atoms with E-state index in [1.807, 2.05) is 13.0 Å². The second-order valence-electron chi connectivity index (χ2n) is 5.88. The Morgan fingerprint density at radius 1 is 1.45 bits per heavy atom. The number of rotatable bonds is 4. The molecule has 1 aliphatic heterocycles. The van der Waals surface area contributed by atoms with Gasteiger partial charge < -0.3 is 10.2 Å². The summed E-state index contributed by atoms with van der Waals surface area (Å²) < 4.78 is 1.77. The third-order valence-electron chi connectivity index (χ3n) is 4.00. The molecular weight excluding hydrogens is 252 g/mol. The molecule has 1 N–H and O–H groups in total. The number of aryl methyl sites for hydroxylation is 1. The second-order valence-corrected chi connectivity index (χ2v) is 5.88. The van der Waals surface area contributed by atoms with Gasteiger partial charge in [0.2, 0.25) is 0 Å². The molecule has 0 radical (unpaired) electrons. The first kappa shape index (κ1) is 13.3. The van der Waals surface area contributed by atoms with Gasteiger partial charge in [-0.1, -0.05) is 0 Å². The maximum Gasteiger partial charge on any atom is 0.254 e. The van der Waals surface area contributed by atoms with Crippen LogP contribution in [0, 0.1) is 12.8 Å². The molecule has 6 nitrogen and oxygen atoms in total. The third-order valence-corrected chi connectivity index (χ3v) is 4.00. The van der Waals surface area contributed by atoms with Crippen molar-refractivity contribution in [3.63, 3.8) is 0 Å². The van der Waals surface area contributed by atoms with Crippen molar-refractivity contribution in [1.82, 2.24) is 24.5 Å². The minimum atomic E-state index is 0.644. The average molecular weight is 274 g/mol. The molecule has 1 saturated heterocycles. The number of nitrogens with one attached hydrogen (secondary N) is 1. The van der Waals surface area contributed by atoms with E-state index in [1.54, 1.807) is 10.8 Å². The molecule has 1 atom stereocenters. The molecule has 2 aromatic heterocycles. The number of anilines is 1. The summed E-state index contributed by atoms with van der Waals surface area (Å²) in [6, 6.07) is 2.67. The molecule has 0 amide bonds. The lowest BCUT2D eigenvalue weighted by Gasteiger charge is -2.20. The van der Waals surface area contributed by atoms with Gasteiger partial charge in [0.1, 0.15) is 12.1 Å². The average Bonchev–Trinajstić information content (AvgIpc) is 3.04. The first-order valence-corrected chi connectivity index (χ1v) is 7.29. The van der Waals surface area contributed by atoms with Gasteiger partial charge in [-0.3, -0.25) is 0 Å². The van der Waals surface area contributed by atoms with Crippen LogP contribution in [-0.2, 0) is 0 Å². The zero-order valence-corrected chi connectivity index (χ0v) is 12.4. The van der Waals surface area contributed by atoms with Gasteiger partial charge in [0, 0.05) is 30.9 Å². The fourth-order valence-corrected chi connectivity index (χ4v) is 2.80. The molecule has 2 aromatic rings. The number of hydrogen-bond acceptors (Lipinski definition) is 5. The van der Waals surface area contributed by atoms with Crippen LogP contribution < -0.4 is 5.32 Å². The molecule has 0 spiro atoms. The summed E-state index contributed by atoms with van der Waals surface area (Å²) >= 11 is 0. The largest absolute Gasteiger partial charge is 0.370 e. The van der Waals surface area contributed by atoms with Crippen molar-refractivity contribution in [2.75, 3.05) is 25.0 Å². The molecule has 0 bridgehead atoms. The van der Waals surface area contributed by atoms with Crippen LogP contribution in [-0.4, -0.2) is 50.2 Å². The molecular formula is C14H22N6. The highest BCUT2D eigenvalue weighted by atomic mass is 15.4. The SMILES string of the molecule is Cc1cc(NCC2CCN(C(C)C)C2)n2ncnc2n1. The fourth-order valence-electron chi connectivity index (χ4n) is 2.80. The van der Waals surface area contributed by atoms with Gasteiger partial charge >= 0.3 is 0 Å². The maximum absolute atomic E-state index is 4.35. The van der Waals surface area contributed by atoms with Gasteiger partial charge in [-0.25, -0.2) is 4.98 Å². The highest BCUT2D eigenvalue weighted by molar-refractivity contribution is 5.44. The van der Waals surface area contributed by atoms with E-state index < -0.39 is 0 Å². The highest BCUT2D eigenvalue weighted by Crippen LogP contribution is 2.19.